The Morgan fingerprint density at radius 1 is 1.12 bits per heavy atom. The molecule has 9 heteroatoms. The second-order valence-electron chi connectivity index (χ2n) is 7.77. The van der Waals surface area contributed by atoms with E-state index in [2.05, 4.69) is 26.6 Å². The number of fused-ring (bicyclic) bond motifs is 3. The molecule has 2 N–H and O–H groups in total. The fraction of sp³-hybridized carbons (Fsp3) is 0.304. The van der Waals surface area contributed by atoms with Gasteiger partial charge in [0.05, 0.1) is 47.5 Å². The molecule has 5 rings (SSSR count). The Bertz CT molecular complexity index is 1220. The van der Waals surface area contributed by atoms with E-state index in [4.69, 9.17) is 21.3 Å². The molecular weight excluding hydrogens is 431 g/mol. The van der Waals surface area contributed by atoms with Crippen molar-refractivity contribution in [1.82, 2.24) is 19.3 Å². The molecule has 0 unspecified atom stereocenters. The molecular formula is C23H24ClFN6O. The van der Waals surface area contributed by atoms with Gasteiger partial charge in [-0.15, -0.1) is 0 Å². The van der Waals surface area contributed by atoms with Gasteiger partial charge >= 0.3 is 0 Å². The van der Waals surface area contributed by atoms with Crippen molar-refractivity contribution >= 4 is 45.3 Å². The highest BCUT2D eigenvalue weighted by molar-refractivity contribution is 6.33. The smallest absolute Gasteiger partial charge is 0.157 e. The normalized spacial score (nSPS) is 14.8. The number of morpholine rings is 1. The van der Waals surface area contributed by atoms with Crippen molar-refractivity contribution < 1.29 is 9.13 Å². The van der Waals surface area contributed by atoms with Crippen LogP contribution < -0.4 is 10.6 Å². The van der Waals surface area contributed by atoms with E-state index in [1.807, 2.05) is 16.5 Å². The molecule has 0 amide bonds. The van der Waals surface area contributed by atoms with Crippen molar-refractivity contribution in [2.75, 3.05) is 50.0 Å². The highest BCUT2D eigenvalue weighted by Crippen LogP contribution is 2.31. The van der Waals surface area contributed by atoms with Crippen molar-refractivity contribution in [3.05, 3.63) is 59.8 Å². The van der Waals surface area contributed by atoms with E-state index in [1.165, 1.54) is 6.07 Å². The number of nitrogens with zero attached hydrogens (tertiary/aromatic N) is 4. The lowest BCUT2D eigenvalue weighted by molar-refractivity contribution is 0.0378. The van der Waals surface area contributed by atoms with Crippen LogP contribution in [0, 0.1) is 5.82 Å². The summed E-state index contributed by atoms with van der Waals surface area (Å²) in [6, 6.07) is 10.6. The van der Waals surface area contributed by atoms with Gasteiger partial charge in [-0.05, 0) is 43.3 Å². The first-order chi connectivity index (χ1) is 15.7. The number of hydrogen-bond donors (Lipinski definition) is 2. The zero-order valence-corrected chi connectivity index (χ0v) is 18.3. The summed E-state index contributed by atoms with van der Waals surface area (Å²) in [6.07, 6.45) is 4.49. The molecule has 1 saturated heterocycles. The van der Waals surface area contributed by atoms with Crippen LogP contribution >= 0.6 is 11.6 Å². The molecule has 4 aromatic rings. The average molecular weight is 455 g/mol. The van der Waals surface area contributed by atoms with E-state index in [1.54, 1.807) is 24.7 Å². The Balaban J connectivity index is 1.35. The van der Waals surface area contributed by atoms with Crippen LogP contribution in [-0.2, 0) is 4.74 Å². The van der Waals surface area contributed by atoms with E-state index in [0.717, 1.165) is 68.1 Å². The fourth-order valence-electron chi connectivity index (χ4n) is 3.95. The maximum atomic E-state index is 14.3. The molecule has 32 heavy (non-hydrogen) atoms. The van der Waals surface area contributed by atoms with Gasteiger partial charge in [0.25, 0.3) is 0 Å². The Morgan fingerprint density at radius 3 is 2.84 bits per heavy atom. The van der Waals surface area contributed by atoms with Crippen molar-refractivity contribution in [2.24, 2.45) is 0 Å². The van der Waals surface area contributed by atoms with E-state index in [9.17, 15) is 4.39 Å². The number of ether oxygens (including phenoxy) is 1. The van der Waals surface area contributed by atoms with Crippen LogP contribution in [0.1, 0.15) is 6.42 Å². The van der Waals surface area contributed by atoms with E-state index >= 15 is 0 Å². The Kier molecular flexibility index (Phi) is 6.07. The first kappa shape index (κ1) is 20.9. The number of anilines is 3. The lowest BCUT2D eigenvalue weighted by Gasteiger charge is -2.26. The van der Waals surface area contributed by atoms with E-state index in [0.29, 0.717) is 10.8 Å². The monoisotopic (exact) mass is 454 g/mol. The number of para-hydroxylation sites is 1. The van der Waals surface area contributed by atoms with Gasteiger partial charge in [-0.3, -0.25) is 9.30 Å². The molecule has 2 aromatic carbocycles. The van der Waals surface area contributed by atoms with Crippen molar-refractivity contribution in [2.45, 2.75) is 6.42 Å². The number of rotatable bonds is 7. The molecule has 0 spiro atoms. The summed E-state index contributed by atoms with van der Waals surface area (Å²) >= 11 is 6.18. The first-order valence-corrected chi connectivity index (χ1v) is 11.1. The largest absolute Gasteiger partial charge is 0.385 e. The summed E-state index contributed by atoms with van der Waals surface area (Å²) in [5.74, 6) is 0.0573. The predicted octanol–water partition coefficient (Wildman–Crippen LogP) is 4.55. The molecule has 7 nitrogen and oxygen atoms in total. The maximum absolute atomic E-state index is 14.3. The number of imidazole rings is 1. The number of hydrogen-bond acceptors (Lipinski definition) is 6. The second kappa shape index (κ2) is 9.28. The molecule has 0 radical (unpaired) electrons. The summed E-state index contributed by atoms with van der Waals surface area (Å²) < 4.78 is 21.6. The average Bonchev–Trinajstić information content (AvgIpc) is 3.31. The van der Waals surface area contributed by atoms with Gasteiger partial charge in [0.1, 0.15) is 11.3 Å². The van der Waals surface area contributed by atoms with Crippen LogP contribution in [-0.4, -0.2) is 58.7 Å². The molecule has 0 atom stereocenters. The Morgan fingerprint density at radius 2 is 2.00 bits per heavy atom. The molecule has 166 valence electrons. The number of nitrogens with one attached hydrogen (secondary N) is 2. The zero-order valence-electron chi connectivity index (χ0n) is 17.5. The van der Waals surface area contributed by atoms with Crippen LogP contribution in [0.5, 0.6) is 0 Å². The van der Waals surface area contributed by atoms with Crippen molar-refractivity contribution in [1.29, 1.82) is 0 Å². The van der Waals surface area contributed by atoms with Crippen LogP contribution in [0.25, 0.3) is 16.6 Å². The molecule has 3 heterocycles. The lowest BCUT2D eigenvalue weighted by atomic mass is 10.2. The summed E-state index contributed by atoms with van der Waals surface area (Å²) in [5.41, 5.74) is 3.64. The third-order valence-corrected chi connectivity index (χ3v) is 5.95. The maximum Gasteiger partial charge on any atom is 0.157 e. The minimum Gasteiger partial charge on any atom is -0.385 e. The highest BCUT2D eigenvalue weighted by atomic mass is 35.5. The Hall–Kier alpha value is -2.94. The van der Waals surface area contributed by atoms with Gasteiger partial charge in [0, 0.05) is 25.3 Å². The van der Waals surface area contributed by atoms with Gasteiger partial charge in [-0.25, -0.2) is 14.4 Å². The molecule has 1 aliphatic heterocycles. The standard InChI is InChI=1S/C23H24ClFN6O/c24-17-3-1-4-18(25)22(17)29-23-21-14-26-15-31(21)20-13-16(5-6-19(20)28-23)27-7-2-8-30-9-11-32-12-10-30/h1,3-6,13-15,27H,2,7-12H2,(H,28,29). The predicted molar refractivity (Wildman–Crippen MR) is 126 cm³/mol. The third-order valence-electron chi connectivity index (χ3n) is 5.64. The van der Waals surface area contributed by atoms with Crippen molar-refractivity contribution in [3.8, 4) is 0 Å². The third kappa shape index (κ3) is 4.34. The van der Waals surface area contributed by atoms with Crippen LogP contribution in [0.4, 0.5) is 21.6 Å². The van der Waals surface area contributed by atoms with Crippen molar-refractivity contribution in [3.63, 3.8) is 0 Å². The molecule has 0 bridgehead atoms. The topological polar surface area (TPSA) is 66.7 Å². The summed E-state index contributed by atoms with van der Waals surface area (Å²) in [7, 11) is 0. The molecule has 2 aromatic heterocycles. The fourth-order valence-corrected chi connectivity index (χ4v) is 4.16. The van der Waals surface area contributed by atoms with E-state index < -0.39 is 5.82 Å². The molecule has 0 aliphatic carbocycles. The molecule has 1 aliphatic rings. The van der Waals surface area contributed by atoms with Gasteiger partial charge in [0.2, 0.25) is 0 Å². The summed E-state index contributed by atoms with van der Waals surface area (Å²) in [5, 5.41) is 6.83. The Labute approximate surface area is 190 Å². The van der Waals surface area contributed by atoms with Gasteiger partial charge in [-0.1, -0.05) is 17.7 Å². The van der Waals surface area contributed by atoms with E-state index in [-0.39, 0.29) is 5.69 Å². The van der Waals surface area contributed by atoms with Gasteiger partial charge < -0.3 is 15.4 Å². The second-order valence-corrected chi connectivity index (χ2v) is 8.18. The van der Waals surface area contributed by atoms with Crippen LogP contribution in [0.3, 0.4) is 0 Å². The SMILES string of the molecule is Fc1cccc(Cl)c1Nc1nc2ccc(NCCCN3CCOCC3)cc2n2cncc12. The van der Waals surface area contributed by atoms with Crippen LogP contribution in [0.15, 0.2) is 48.9 Å². The molecule has 1 fully saturated rings. The first-order valence-electron chi connectivity index (χ1n) is 10.7. The quantitative estimate of drug-likeness (QED) is 0.399. The minimum absolute atomic E-state index is 0.197. The summed E-state index contributed by atoms with van der Waals surface area (Å²) in [4.78, 5) is 11.4. The highest BCUT2D eigenvalue weighted by Gasteiger charge is 2.14. The minimum atomic E-state index is -0.436. The van der Waals surface area contributed by atoms with Gasteiger partial charge in [0.15, 0.2) is 5.82 Å². The van der Waals surface area contributed by atoms with Gasteiger partial charge in [-0.2, -0.15) is 0 Å². The number of aromatic nitrogens is 3. The lowest BCUT2D eigenvalue weighted by Crippen LogP contribution is -2.37. The zero-order chi connectivity index (χ0) is 21.9. The number of benzene rings is 2. The summed E-state index contributed by atoms with van der Waals surface area (Å²) in [6.45, 7) is 5.61. The van der Waals surface area contributed by atoms with Crippen LogP contribution in [0.2, 0.25) is 5.02 Å². The number of halogens is 2. The molecule has 0 saturated carbocycles.